The van der Waals surface area contributed by atoms with Crippen LogP contribution in [0.3, 0.4) is 0 Å². The second kappa shape index (κ2) is 16.2. The van der Waals surface area contributed by atoms with Crippen LogP contribution >= 0.6 is 0 Å². The van der Waals surface area contributed by atoms with Gasteiger partial charge >= 0.3 is 0 Å². The average Bonchev–Trinajstić information content (AvgIpc) is 3.97. The third kappa shape index (κ3) is 6.10. The maximum atomic E-state index is 15.8. The summed E-state index contributed by atoms with van der Waals surface area (Å²) in [5.74, 6) is -0.583. The molecular weight excluding hydrogens is 881 g/mol. The number of nitrogens with zero attached hydrogens (tertiary/aromatic N) is 1. The quantitative estimate of drug-likeness (QED) is 0.139. The summed E-state index contributed by atoms with van der Waals surface area (Å²) < 4.78 is 31.7. The number of anilines is 3. The topological polar surface area (TPSA) is 3.24 Å². The lowest BCUT2D eigenvalue weighted by atomic mass is 9.67. The summed E-state index contributed by atoms with van der Waals surface area (Å²) in [6.07, 6.45) is 3.71. The van der Waals surface area contributed by atoms with Crippen LogP contribution in [-0.4, -0.2) is 0 Å². The first-order valence-electron chi connectivity index (χ1n) is 24.7. The minimum atomic E-state index is -0.874. The van der Waals surface area contributed by atoms with Crippen LogP contribution in [0, 0.1) is 11.6 Å². The highest BCUT2D eigenvalue weighted by Crippen LogP contribution is 2.60. The van der Waals surface area contributed by atoms with Crippen molar-refractivity contribution < 1.29 is 8.78 Å². The molecule has 3 heteroatoms. The molecule has 0 radical (unpaired) electrons. The van der Waals surface area contributed by atoms with Gasteiger partial charge in [-0.25, -0.2) is 8.78 Å². The maximum Gasteiger partial charge on any atom is 0.123 e. The second-order valence-corrected chi connectivity index (χ2v) is 20.0. The van der Waals surface area contributed by atoms with E-state index in [1.807, 2.05) is 24.3 Å². The summed E-state index contributed by atoms with van der Waals surface area (Å²) in [4.78, 5) is 2.39. The minimum absolute atomic E-state index is 0.263. The predicted octanol–water partition coefficient (Wildman–Crippen LogP) is 17.8. The Kier molecular flexibility index (Phi) is 9.76. The number of halogens is 2. The normalized spacial score (nSPS) is 17.2. The van der Waals surface area contributed by atoms with Crippen LogP contribution in [-0.2, 0) is 16.2 Å². The van der Waals surface area contributed by atoms with Gasteiger partial charge in [-0.2, -0.15) is 0 Å². The standard InChI is InChI=1S/C69H49F2N/c1-5-44-25-29-46(30-26-44)68(48-15-13-17-50(70)39-48)62-23-11-8-20-56(62)59-37-34-53(42-65(59)68)72(52-33-36-58-55-19-7-10-22-61(55)67(3,4)64(58)41-52)54-35-38-60-57-21-9-12-24-63(57)69(66(60)43-54,49-16-14-18-51(71)40-49)47-31-27-45(6-2)28-32-47/h5-43H,1-2H2,3-4H3. The lowest BCUT2D eigenvalue weighted by Gasteiger charge is -2.36. The van der Waals surface area contributed by atoms with Crippen LogP contribution in [0.1, 0.15) is 80.6 Å². The molecule has 0 bridgehead atoms. The molecule has 0 saturated heterocycles. The number of hydrogen-bond donors (Lipinski definition) is 0. The first-order valence-corrected chi connectivity index (χ1v) is 24.7. The lowest BCUT2D eigenvalue weighted by molar-refractivity contribution is 0.620. The van der Waals surface area contributed by atoms with E-state index in [0.717, 1.165) is 95.0 Å². The number of hydrogen-bond acceptors (Lipinski definition) is 1. The first-order chi connectivity index (χ1) is 35.2. The molecule has 0 aliphatic heterocycles. The monoisotopic (exact) mass is 929 g/mol. The fourth-order valence-corrected chi connectivity index (χ4v) is 12.9. The highest BCUT2D eigenvalue weighted by molar-refractivity contribution is 5.93. The van der Waals surface area contributed by atoms with Crippen LogP contribution in [0.4, 0.5) is 25.8 Å². The number of rotatable bonds is 9. The summed E-state index contributed by atoms with van der Waals surface area (Å²) in [6.45, 7) is 12.8. The molecule has 0 N–H and O–H groups in total. The summed E-state index contributed by atoms with van der Waals surface area (Å²) in [6, 6.07) is 77.8. The molecule has 13 rings (SSSR count). The maximum absolute atomic E-state index is 15.8. The van der Waals surface area contributed by atoms with Crippen molar-refractivity contribution in [3.05, 3.63) is 316 Å². The van der Waals surface area contributed by atoms with E-state index in [1.165, 1.54) is 34.4 Å². The van der Waals surface area contributed by atoms with Gasteiger partial charge in [0.05, 0.1) is 10.8 Å². The Bertz CT molecular complexity index is 3660. The smallest absolute Gasteiger partial charge is 0.123 e. The molecule has 0 aromatic heterocycles. The molecule has 0 heterocycles. The van der Waals surface area contributed by atoms with Gasteiger partial charge in [0.15, 0.2) is 0 Å². The third-order valence-electron chi connectivity index (χ3n) is 16.1. The van der Waals surface area contributed by atoms with Crippen molar-refractivity contribution in [1.29, 1.82) is 0 Å². The van der Waals surface area contributed by atoms with E-state index < -0.39 is 10.8 Å². The van der Waals surface area contributed by atoms with E-state index in [0.29, 0.717) is 0 Å². The Morgan fingerprint density at radius 3 is 1.11 bits per heavy atom. The highest BCUT2D eigenvalue weighted by atomic mass is 19.1. The van der Waals surface area contributed by atoms with Gasteiger partial charge in [-0.3, -0.25) is 0 Å². The molecule has 0 amide bonds. The van der Waals surface area contributed by atoms with Crippen LogP contribution in [0.2, 0.25) is 0 Å². The molecule has 0 fully saturated rings. The second-order valence-electron chi connectivity index (χ2n) is 20.0. The predicted molar refractivity (Wildman–Crippen MR) is 293 cm³/mol. The lowest BCUT2D eigenvalue weighted by Crippen LogP contribution is -2.29. The summed E-state index contributed by atoms with van der Waals surface area (Å²) in [7, 11) is 0. The molecule has 0 spiro atoms. The van der Waals surface area contributed by atoms with Crippen molar-refractivity contribution >= 4 is 29.2 Å². The van der Waals surface area contributed by atoms with Gasteiger partial charge < -0.3 is 4.90 Å². The Labute approximate surface area is 420 Å². The van der Waals surface area contributed by atoms with Gasteiger partial charge in [-0.1, -0.05) is 203 Å². The summed E-state index contributed by atoms with van der Waals surface area (Å²) in [5, 5.41) is 0. The van der Waals surface area contributed by atoms with Crippen molar-refractivity contribution in [2.24, 2.45) is 0 Å². The van der Waals surface area contributed by atoms with E-state index in [2.05, 4.69) is 220 Å². The molecule has 0 saturated carbocycles. The first kappa shape index (κ1) is 43.4. The SMILES string of the molecule is C=Cc1ccc(C2(c3cccc(F)c3)c3ccccc3-c3ccc(N(c4ccc5c(c4)C(C)(C)c4ccccc4-5)c4ccc5c(c4)C(c4ccc(C=C)cc4)(c4cccc(F)c4)c4ccccc4-5)cc32)cc1. The fourth-order valence-electron chi connectivity index (χ4n) is 12.9. The van der Waals surface area contributed by atoms with E-state index in [-0.39, 0.29) is 17.0 Å². The van der Waals surface area contributed by atoms with Crippen LogP contribution < -0.4 is 4.90 Å². The molecule has 72 heavy (non-hydrogen) atoms. The molecule has 344 valence electrons. The van der Waals surface area contributed by atoms with E-state index in [4.69, 9.17) is 0 Å². The van der Waals surface area contributed by atoms with Gasteiger partial charge in [0.2, 0.25) is 0 Å². The minimum Gasteiger partial charge on any atom is -0.310 e. The van der Waals surface area contributed by atoms with Crippen LogP contribution in [0.15, 0.2) is 238 Å². The van der Waals surface area contributed by atoms with Crippen molar-refractivity contribution in [2.45, 2.75) is 30.1 Å². The molecule has 10 aromatic carbocycles. The van der Waals surface area contributed by atoms with Gasteiger partial charge in [-0.15, -0.1) is 0 Å². The molecule has 10 aromatic rings. The zero-order valence-corrected chi connectivity index (χ0v) is 40.1. The fraction of sp³-hybridized carbons (Fsp3) is 0.0725. The van der Waals surface area contributed by atoms with Gasteiger partial charge in [0.25, 0.3) is 0 Å². The molecule has 1 nitrogen and oxygen atoms in total. The van der Waals surface area contributed by atoms with Crippen molar-refractivity contribution in [1.82, 2.24) is 0 Å². The third-order valence-corrected chi connectivity index (χ3v) is 16.1. The van der Waals surface area contributed by atoms with Gasteiger partial charge in [0, 0.05) is 22.5 Å². The Balaban J connectivity index is 1.11. The van der Waals surface area contributed by atoms with E-state index in [9.17, 15) is 0 Å². The van der Waals surface area contributed by atoms with Gasteiger partial charge in [0.1, 0.15) is 11.6 Å². The Morgan fingerprint density at radius 2 is 0.694 bits per heavy atom. The van der Waals surface area contributed by atoms with Gasteiger partial charge in [-0.05, 0) is 161 Å². The van der Waals surface area contributed by atoms with Crippen molar-refractivity contribution in [3.8, 4) is 33.4 Å². The molecule has 2 unspecified atom stereocenters. The summed E-state index contributed by atoms with van der Waals surface area (Å²) in [5.41, 5.74) is 20.4. The molecule has 3 aliphatic rings. The zero-order chi connectivity index (χ0) is 48.9. The Morgan fingerprint density at radius 1 is 0.333 bits per heavy atom. The van der Waals surface area contributed by atoms with E-state index in [1.54, 1.807) is 12.1 Å². The van der Waals surface area contributed by atoms with Crippen LogP contribution in [0.5, 0.6) is 0 Å². The van der Waals surface area contributed by atoms with Crippen LogP contribution in [0.25, 0.3) is 45.5 Å². The molecule has 3 aliphatic carbocycles. The zero-order valence-electron chi connectivity index (χ0n) is 40.1. The molecular formula is C69H49F2N. The highest BCUT2D eigenvalue weighted by Gasteiger charge is 2.49. The average molecular weight is 930 g/mol. The molecule has 2 atom stereocenters. The number of benzene rings is 10. The van der Waals surface area contributed by atoms with Crippen molar-refractivity contribution in [2.75, 3.05) is 4.90 Å². The Hall–Kier alpha value is -8.66. The largest absolute Gasteiger partial charge is 0.310 e. The summed E-state index contributed by atoms with van der Waals surface area (Å²) >= 11 is 0. The van der Waals surface area contributed by atoms with Crippen molar-refractivity contribution in [3.63, 3.8) is 0 Å². The van der Waals surface area contributed by atoms with E-state index >= 15 is 8.78 Å². The number of fused-ring (bicyclic) bond motifs is 9.